The third-order valence-electron chi connectivity index (χ3n) is 3.05. The molecule has 0 spiro atoms. The van der Waals surface area contributed by atoms with Crippen molar-refractivity contribution in [2.45, 2.75) is 12.8 Å². The number of rotatable bonds is 5. The molecule has 1 N–H and O–H groups in total. The molecular weight excluding hydrogens is 224 g/mol. The summed E-state index contributed by atoms with van der Waals surface area (Å²) in [7, 11) is 1.84. The van der Waals surface area contributed by atoms with Gasteiger partial charge in [0.25, 0.3) is 5.91 Å². The number of aromatic amines is 1. The lowest BCUT2D eigenvalue weighted by Crippen LogP contribution is -2.27. The van der Waals surface area contributed by atoms with Gasteiger partial charge in [0.05, 0.1) is 0 Å². The average Bonchev–Trinajstić information content (AvgIpc) is 2.85. The number of hydrogen-bond donors (Lipinski definition) is 1. The molecule has 18 heavy (non-hydrogen) atoms. The number of benzene rings is 1. The van der Waals surface area contributed by atoms with Crippen molar-refractivity contribution in [3.8, 4) is 0 Å². The molecule has 2 rings (SSSR count). The molecule has 0 atom stereocenters. The van der Waals surface area contributed by atoms with Crippen LogP contribution in [0, 0.1) is 0 Å². The van der Waals surface area contributed by atoms with E-state index in [0.717, 1.165) is 35.9 Å². The molecule has 94 valence electrons. The minimum atomic E-state index is 0.0653. The summed E-state index contributed by atoms with van der Waals surface area (Å²) in [6, 6.07) is 7.75. The highest BCUT2D eigenvalue weighted by molar-refractivity contribution is 5.97. The number of allylic oxidation sites excluding steroid dienone is 1. The third-order valence-corrected chi connectivity index (χ3v) is 3.05. The predicted octanol–water partition coefficient (Wildman–Crippen LogP) is 3.21. The van der Waals surface area contributed by atoms with E-state index in [0.29, 0.717) is 0 Å². The lowest BCUT2D eigenvalue weighted by Gasteiger charge is -2.16. The Kier molecular flexibility index (Phi) is 3.82. The first-order chi connectivity index (χ1) is 8.72. The van der Waals surface area contributed by atoms with Gasteiger partial charge >= 0.3 is 0 Å². The van der Waals surface area contributed by atoms with Crippen LogP contribution in [0.5, 0.6) is 0 Å². The zero-order chi connectivity index (χ0) is 13.0. The van der Waals surface area contributed by atoms with Gasteiger partial charge in [0, 0.05) is 30.9 Å². The largest absolute Gasteiger partial charge is 0.361 e. The van der Waals surface area contributed by atoms with Crippen LogP contribution in [-0.4, -0.2) is 29.4 Å². The fourth-order valence-corrected chi connectivity index (χ4v) is 1.98. The molecule has 0 fully saturated rings. The Labute approximate surface area is 107 Å². The number of amides is 1. The molecule has 1 aromatic carbocycles. The zero-order valence-corrected chi connectivity index (χ0v) is 10.6. The van der Waals surface area contributed by atoms with Crippen LogP contribution in [0.25, 0.3) is 10.9 Å². The van der Waals surface area contributed by atoms with Crippen LogP contribution >= 0.6 is 0 Å². The third kappa shape index (κ3) is 2.62. The first-order valence-corrected chi connectivity index (χ1v) is 6.16. The molecule has 2 aromatic rings. The van der Waals surface area contributed by atoms with Crippen LogP contribution in [-0.2, 0) is 0 Å². The smallest absolute Gasteiger partial charge is 0.253 e. The second-order valence-corrected chi connectivity index (χ2v) is 4.44. The molecule has 1 aromatic heterocycles. The summed E-state index contributed by atoms with van der Waals surface area (Å²) >= 11 is 0. The second kappa shape index (κ2) is 5.54. The molecule has 0 aliphatic heterocycles. The van der Waals surface area contributed by atoms with Crippen LogP contribution in [0.3, 0.4) is 0 Å². The Balaban J connectivity index is 2.09. The van der Waals surface area contributed by atoms with Crippen LogP contribution in [0.4, 0.5) is 0 Å². The second-order valence-electron chi connectivity index (χ2n) is 4.44. The van der Waals surface area contributed by atoms with Gasteiger partial charge in [0.1, 0.15) is 0 Å². The van der Waals surface area contributed by atoms with Crippen LogP contribution in [0.2, 0.25) is 0 Å². The van der Waals surface area contributed by atoms with Gasteiger partial charge in [0.15, 0.2) is 0 Å². The fraction of sp³-hybridized carbons (Fsp3) is 0.267. The van der Waals surface area contributed by atoms with E-state index in [1.165, 1.54) is 0 Å². The number of nitrogens with one attached hydrogen (secondary N) is 1. The van der Waals surface area contributed by atoms with Gasteiger partial charge in [-0.3, -0.25) is 4.79 Å². The van der Waals surface area contributed by atoms with Crippen molar-refractivity contribution in [3.63, 3.8) is 0 Å². The molecule has 1 amide bonds. The molecule has 0 aliphatic rings. The van der Waals surface area contributed by atoms with Crippen molar-refractivity contribution in [2.75, 3.05) is 13.6 Å². The number of fused-ring (bicyclic) bond motifs is 1. The molecule has 3 heteroatoms. The van der Waals surface area contributed by atoms with E-state index in [2.05, 4.69) is 11.6 Å². The first kappa shape index (κ1) is 12.4. The summed E-state index contributed by atoms with van der Waals surface area (Å²) in [5.74, 6) is 0.0653. The minimum absolute atomic E-state index is 0.0653. The maximum absolute atomic E-state index is 12.2. The van der Waals surface area contributed by atoms with Gasteiger partial charge in [-0.25, -0.2) is 0 Å². The van der Waals surface area contributed by atoms with Crippen molar-refractivity contribution >= 4 is 16.8 Å². The Hall–Kier alpha value is -2.03. The highest BCUT2D eigenvalue weighted by Gasteiger charge is 2.11. The monoisotopic (exact) mass is 242 g/mol. The van der Waals surface area contributed by atoms with Crippen molar-refractivity contribution in [1.82, 2.24) is 9.88 Å². The Morgan fingerprint density at radius 3 is 3.06 bits per heavy atom. The van der Waals surface area contributed by atoms with Crippen LogP contribution < -0.4 is 0 Å². The standard InChI is InChI=1S/C15H18N2O/c1-3-4-5-10-17(2)15(18)13-7-6-12-8-9-16-14(12)11-13/h3,6-9,11,16H,1,4-5,10H2,2H3. The number of aromatic nitrogens is 1. The number of unbranched alkanes of at least 4 members (excludes halogenated alkanes) is 1. The number of nitrogens with zero attached hydrogens (tertiary/aromatic N) is 1. The first-order valence-electron chi connectivity index (χ1n) is 6.16. The fourth-order valence-electron chi connectivity index (χ4n) is 1.98. The van der Waals surface area contributed by atoms with Gasteiger partial charge in [-0.2, -0.15) is 0 Å². The summed E-state index contributed by atoms with van der Waals surface area (Å²) in [4.78, 5) is 17.1. The van der Waals surface area contributed by atoms with Crippen molar-refractivity contribution < 1.29 is 4.79 Å². The number of H-pyrrole nitrogens is 1. The van der Waals surface area contributed by atoms with E-state index in [9.17, 15) is 4.79 Å². The number of hydrogen-bond acceptors (Lipinski definition) is 1. The van der Waals surface area contributed by atoms with Gasteiger partial charge in [-0.15, -0.1) is 6.58 Å². The Morgan fingerprint density at radius 2 is 2.28 bits per heavy atom. The van der Waals surface area contributed by atoms with E-state index in [-0.39, 0.29) is 5.91 Å². The van der Waals surface area contributed by atoms with Gasteiger partial charge < -0.3 is 9.88 Å². The summed E-state index contributed by atoms with van der Waals surface area (Å²) in [6.07, 6.45) is 5.65. The molecule has 0 unspecified atom stereocenters. The maximum atomic E-state index is 12.2. The summed E-state index contributed by atoms with van der Waals surface area (Å²) in [5.41, 5.74) is 1.73. The summed E-state index contributed by atoms with van der Waals surface area (Å²) in [5, 5.41) is 1.13. The Morgan fingerprint density at radius 1 is 1.44 bits per heavy atom. The zero-order valence-electron chi connectivity index (χ0n) is 10.6. The highest BCUT2D eigenvalue weighted by Crippen LogP contribution is 2.15. The van der Waals surface area contributed by atoms with Gasteiger partial charge in [0.2, 0.25) is 0 Å². The quantitative estimate of drug-likeness (QED) is 0.634. The highest BCUT2D eigenvalue weighted by atomic mass is 16.2. The molecule has 0 saturated heterocycles. The molecule has 0 aliphatic carbocycles. The van der Waals surface area contributed by atoms with Crippen LogP contribution in [0.1, 0.15) is 23.2 Å². The van der Waals surface area contributed by atoms with Crippen molar-refractivity contribution in [1.29, 1.82) is 0 Å². The van der Waals surface area contributed by atoms with Crippen LogP contribution in [0.15, 0.2) is 43.1 Å². The molecule has 0 radical (unpaired) electrons. The van der Waals surface area contributed by atoms with E-state index in [4.69, 9.17) is 0 Å². The molecule has 3 nitrogen and oxygen atoms in total. The Bertz CT molecular complexity index is 556. The molecule has 0 bridgehead atoms. The lowest BCUT2D eigenvalue weighted by atomic mass is 10.1. The summed E-state index contributed by atoms with van der Waals surface area (Å²) in [6.45, 7) is 4.44. The molecule has 1 heterocycles. The maximum Gasteiger partial charge on any atom is 0.253 e. The predicted molar refractivity (Wildman–Crippen MR) is 74.7 cm³/mol. The lowest BCUT2D eigenvalue weighted by molar-refractivity contribution is 0.0794. The van der Waals surface area contributed by atoms with Gasteiger partial charge in [-0.1, -0.05) is 12.1 Å². The molecule has 0 saturated carbocycles. The SMILES string of the molecule is C=CCCCN(C)C(=O)c1ccc2cc[nH]c2c1. The van der Waals surface area contributed by atoms with E-state index >= 15 is 0 Å². The summed E-state index contributed by atoms with van der Waals surface area (Å²) < 4.78 is 0. The number of carbonyl (C=O) groups is 1. The normalized spacial score (nSPS) is 10.5. The van der Waals surface area contributed by atoms with E-state index < -0.39 is 0 Å². The number of carbonyl (C=O) groups excluding carboxylic acids is 1. The average molecular weight is 242 g/mol. The van der Waals surface area contributed by atoms with E-state index in [1.807, 2.05) is 43.6 Å². The van der Waals surface area contributed by atoms with Gasteiger partial charge in [-0.05, 0) is 36.4 Å². The minimum Gasteiger partial charge on any atom is -0.361 e. The van der Waals surface area contributed by atoms with Crippen molar-refractivity contribution in [2.24, 2.45) is 0 Å². The topological polar surface area (TPSA) is 36.1 Å². The van der Waals surface area contributed by atoms with E-state index in [1.54, 1.807) is 4.90 Å². The van der Waals surface area contributed by atoms with Crippen molar-refractivity contribution in [3.05, 3.63) is 48.7 Å². The molecular formula is C15H18N2O.